The van der Waals surface area contributed by atoms with Crippen molar-refractivity contribution in [2.75, 3.05) is 5.43 Å². The summed E-state index contributed by atoms with van der Waals surface area (Å²) in [6.45, 7) is 3.98. The van der Waals surface area contributed by atoms with E-state index in [1.165, 1.54) is 0 Å². The van der Waals surface area contributed by atoms with Crippen LogP contribution in [0.15, 0.2) is 59.5 Å². The zero-order chi connectivity index (χ0) is 18.0. The van der Waals surface area contributed by atoms with E-state index in [4.69, 9.17) is 11.6 Å². The summed E-state index contributed by atoms with van der Waals surface area (Å²) in [5.74, 6) is -0.495. The van der Waals surface area contributed by atoms with Gasteiger partial charge in [-0.3, -0.25) is 20.4 Å². The summed E-state index contributed by atoms with van der Waals surface area (Å²) in [7, 11) is 0. The molecule has 0 spiro atoms. The smallest absolute Gasteiger partial charge is 0.275 e. The van der Waals surface area contributed by atoms with Gasteiger partial charge in [0.25, 0.3) is 5.91 Å². The molecule has 0 saturated carbocycles. The van der Waals surface area contributed by atoms with E-state index in [0.717, 1.165) is 11.2 Å². The van der Waals surface area contributed by atoms with Crippen molar-refractivity contribution < 1.29 is 4.79 Å². The van der Waals surface area contributed by atoms with Gasteiger partial charge in [-0.15, -0.1) is 0 Å². The van der Waals surface area contributed by atoms with Gasteiger partial charge in [-0.2, -0.15) is 0 Å². The molecule has 3 aromatic rings. The van der Waals surface area contributed by atoms with Gasteiger partial charge in [-0.05, 0) is 44.2 Å². The molecule has 0 bridgehead atoms. The Labute approximate surface area is 150 Å². The highest BCUT2D eigenvalue weighted by molar-refractivity contribution is 6.31. The lowest BCUT2D eigenvalue weighted by atomic mass is 10.1. The Kier molecular flexibility index (Phi) is 4.76. The van der Waals surface area contributed by atoms with Gasteiger partial charge < -0.3 is 4.57 Å². The molecule has 2 N–H and O–H groups in total. The van der Waals surface area contributed by atoms with Crippen LogP contribution in [0.1, 0.15) is 30.2 Å². The number of benzene rings is 2. The molecule has 128 valence electrons. The fourth-order valence-corrected chi connectivity index (χ4v) is 2.81. The Bertz CT molecular complexity index is 981. The Morgan fingerprint density at radius 1 is 1.12 bits per heavy atom. The molecule has 0 atom stereocenters. The first kappa shape index (κ1) is 17.0. The van der Waals surface area contributed by atoms with Crippen LogP contribution in [0.4, 0.5) is 5.69 Å². The van der Waals surface area contributed by atoms with Crippen molar-refractivity contribution in [3.63, 3.8) is 0 Å². The summed E-state index contributed by atoms with van der Waals surface area (Å²) in [6, 6.07) is 14.4. The van der Waals surface area contributed by atoms with Crippen molar-refractivity contribution in [1.29, 1.82) is 0 Å². The number of carbonyl (C=O) groups is 1. The highest BCUT2D eigenvalue weighted by atomic mass is 35.5. The third-order valence-corrected chi connectivity index (χ3v) is 4.12. The predicted octanol–water partition coefficient (Wildman–Crippen LogP) is 3.99. The second-order valence-corrected chi connectivity index (χ2v) is 6.42. The van der Waals surface area contributed by atoms with Crippen molar-refractivity contribution in [2.24, 2.45) is 0 Å². The molecule has 6 heteroatoms. The van der Waals surface area contributed by atoms with E-state index in [1.54, 1.807) is 24.4 Å². The van der Waals surface area contributed by atoms with Crippen LogP contribution >= 0.6 is 11.6 Å². The molecule has 1 heterocycles. The highest BCUT2D eigenvalue weighted by Gasteiger charge is 2.16. The van der Waals surface area contributed by atoms with Crippen LogP contribution in [-0.4, -0.2) is 10.5 Å². The Balaban J connectivity index is 2.02. The van der Waals surface area contributed by atoms with E-state index in [-0.39, 0.29) is 17.0 Å². The molecule has 5 nitrogen and oxygen atoms in total. The lowest BCUT2D eigenvalue weighted by Crippen LogP contribution is -2.34. The second-order valence-electron chi connectivity index (χ2n) is 5.98. The molecule has 1 amide bonds. The monoisotopic (exact) mass is 355 g/mol. The molecule has 0 saturated heterocycles. The Morgan fingerprint density at radius 2 is 1.84 bits per heavy atom. The summed E-state index contributed by atoms with van der Waals surface area (Å²) in [6.07, 6.45) is 1.59. The average molecular weight is 356 g/mol. The summed E-state index contributed by atoms with van der Waals surface area (Å²) in [5, 5.41) is 0.883. The normalized spacial score (nSPS) is 10.9. The van der Waals surface area contributed by atoms with E-state index in [0.29, 0.717) is 10.4 Å². The summed E-state index contributed by atoms with van der Waals surface area (Å²) in [4.78, 5) is 25.3. The number of carbonyl (C=O) groups excluding carboxylic acids is 1. The minimum Gasteiger partial charge on any atom is -0.344 e. The maximum atomic E-state index is 12.7. The first-order valence-corrected chi connectivity index (χ1v) is 8.31. The topological polar surface area (TPSA) is 63.1 Å². The number of halogens is 1. The zero-order valence-electron chi connectivity index (χ0n) is 13.9. The van der Waals surface area contributed by atoms with Gasteiger partial charge in [0.2, 0.25) is 5.43 Å². The molecule has 2 aromatic carbocycles. The third-order valence-electron chi connectivity index (χ3n) is 3.89. The number of anilines is 1. The number of hydrogen-bond acceptors (Lipinski definition) is 3. The predicted molar refractivity (Wildman–Crippen MR) is 101 cm³/mol. The number of hydrogen-bond donors (Lipinski definition) is 2. The maximum Gasteiger partial charge on any atom is 0.275 e. The van der Waals surface area contributed by atoms with Gasteiger partial charge >= 0.3 is 0 Å². The van der Waals surface area contributed by atoms with Crippen LogP contribution in [0.3, 0.4) is 0 Å². The molecular weight excluding hydrogens is 338 g/mol. The van der Waals surface area contributed by atoms with E-state index in [1.807, 2.05) is 48.7 Å². The molecular formula is C19H18ClN3O2. The van der Waals surface area contributed by atoms with Crippen molar-refractivity contribution in [2.45, 2.75) is 19.9 Å². The number of aromatic nitrogens is 1. The molecule has 1 aromatic heterocycles. The number of nitrogens with zero attached hydrogens (tertiary/aromatic N) is 1. The van der Waals surface area contributed by atoms with Gasteiger partial charge in [0.05, 0.1) is 11.2 Å². The molecule has 0 radical (unpaired) electrons. The minimum absolute atomic E-state index is 0.0619. The average Bonchev–Trinajstić information content (AvgIpc) is 2.61. The number of para-hydroxylation sites is 1. The first-order valence-electron chi connectivity index (χ1n) is 7.93. The van der Waals surface area contributed by atoms with Crippen molar-refractivity contribution in [3.05, 3.63) is 75.5 Å². The number of amides is 1. The van der Waals surface area contributed by atoms with Crippen molar-refractivity contribution >= 4 is 34.1 Å². The SMILES string of the molecule is CC(C)n1cc(C(=O)NNc2ccccc2)c(=O)c2cc(Cl)ccc21. The quantitative estimate of drug-likeness (QED) is 0.695. The fraction of sp³-hybridized carbons (Fsp3) is 0.158. The molecule has 25 heavy (non-hydrogen) atoms. The molecule has 0 aliphatic heterocycles. The number of fused-ring (bicyclic) bond motifs is 1. The Morgan fingerprint density at radius 3 is 2.52 bits per heavy atom. The number of pyridine rings is 1. The van der Waals surface area contributed by atoms with Crippen LogP contribution in [0.25, 0.3) is 10.9 Å². The van der Waals surface area contributed by atoms with Crippen LogP contribution in [-0.2, 0) is 0 Å². The summed E-state index contributed by atoms with van der Waals surface area (Å²) < 4.78 is 1.89. The first-order chi connectivity index (χ1) is 12.0. The maximum absolute atomic E-state index is 12.7. The number of hydrazine groups is 1. The third kappa shape index (κ3) is 3.51. The van der Waals surface area contributed by atoms with Gasteiger partial charge in [-0.1, -0.05) is 29.8 Å². The van der Waals surface area contributed by atoms with Crippen molar-refractivity contribution in [3.8, 4) is 0 Å². The van der Waals surface area contributed by atoms with Crippen LogP contribution in [0, 0.1) is 0 Å². The van der Waals surface area contributed by atoms with E-state index in [9.17, 15) is 9.59 Å². The van der Waals surface area contributed by atoms with E-state index in [2.05, 4.69) is 10.9 Å². The largest absolute Gasteiger partial charge is 0.344 e. The van der Waals surface area contributed by atoms with Crippen LogP contribution < -0.4 is 16.3 Å². The van der Waals surface area contributed by atoms with Crippen LogP contribution in [0.2, 0.25) is 5.02 Å². The second kappa shape index (κ2) is 6.99. The minimum atomic E-state index is -0.495. The molecule has 0 fully saturated rings. The Hall–Kier alpha value is -2.79. The molecule has 0 aliphatic rings. The van der Waals surface area contributed by atoms with Gasteiger partial charge in [0.15, 0.2) is 0 Å². The number of rotatable bonds is 4. The van der Waals surface area contributed by atoms with E-state index < -0.39 is 5.91 Å². The lowest BCUT2D eigenvalue weighted by Gasteiger charge is -2.17. The highest BCUT2D eigenvalue weighted by Crippen LogP contribution is 2.20. The standard InChI is InChI=1S/C19H18ClN3O2/c1-12(2)23-11-16(18(24)15-10-13(20)8-9-17(15)23)19(25)22-21-14-6-4-3-5-7-14/h3-12,21H,1-2H3,(H,22,25). The van der Waals surface area contributed by atoms with Crippen molar-refractivity contribution in [1.82, 2.24) is 9.99 Å². The summed E-state index contributed by atoms with van der Waals surface area (Å²) >= 11 is 6.03. The number of nitrogens with one attached hydrogen (secondary N) is 2. The molecule has 3 rings (SSSR count). The zero-order valence-corrected chi connectivity index (χ0v) is 14.7. The molecule has 0 unspecified atom stereocenters. The fourth-order valence-electron chi connectivity index (χ4n) is 2.63. The van der Waals surface area contributed by atoms with Crippen LogP contribution in [0.5, 0.6) is 0 Å². The van der Waals surface area contributed by atoms with Gasteiger partial charge in [0.1, 0.15) is 5.56 Å². The lowest BCUT2D eigenvalue weighted by molar-refractivity contribution is 0.0961. The molecule has 0 aliphatic carbocycles. The van der Waals surface area contributed by atoms with E-state index >= 15 is 0 Å². The van der Waals surface area contributed by atoms with Gasteiger partial charge in [0, 0.05) is 22.6 Å². The van der Waals surface area contributed by atoms with Gasteiger partial charge in [-0.25, -0.2) is 0 Å². The summed E-state index contributed by atoms with van der Waals surface area (Å²) in [5.41, 5.74) is 6.56.